The Bertz CT molecular complexity index is 416. The predicted molar refractivity (Wildman–Crippen MR) is 56.4 cm³/mol. The summed E-state index contributed by atoms with van der Waals surface area (Å²) < 4.78 is 41.8. The molecule has 1 aromatic rings. The number of nitrogens with two attached hydrogens (primary N) is 1. The molecule has 0 saturated carbocycles. The van der Waals surface area contributed by atoms with Crippen molar-refractivity contribution >= 4 is 11.7 Å². The number of anilines is 1. The summed E-state index contributed by atoms with van der Waals surface area (Å²) in [6.45, 7) is 2.02. The Kier molecular flexibility index (Phi) is 3.98. The summed E-state index contributed by atoms with van der Waals surface area (Å²) in [5.74, 6) is -0.710. The van der Waals surface area contributed by atoms with Crippen molar-refractivity contribution in [3.8, 4) is 0 Å². The second kappa shape index (κ2) is 5.07. The Morgan fingerprint density at radius 2 is 2.06 bits per heavy atom. The zero-order valence-corrected chi connectivity index (χ0v) is 9.17. The molecule has 0 aliphatic rings. The Morgan fingerprint density at radius 3 is 2.53 bits per heavy atom. The highest BCUT2D eigenvalue weighted by atomic mass is 19.4. The van der Waals surface area contributed by atoms with Gasteiger partial charge in [0.05, 0.1) is 17.7 Å². The van der Waals surface area contributed by atoms with Crippen LogP contribution < -0.4 is 5.73 Å². The molecule has 0 aliphatic carbocycles. The van der Waals surface area contributed by atoms with E-state index in [-0.39, 0.29) is 17.9 Å². The van der Waals surface area contributed by atoms with Crippen molar-refractivity contribution in [2.45, 2.75) is 19.5 Å². The van der Waals surface area contributed by atoms with Gasteiger partial charge < -0.3 is 10.5 Å². The smallest absolute Gasteiger partial charge is 0.416 e. The van der Waals surface area contributed by atoms with E-state index in [0.29, 0.717) is 6.42 Å². The maximum atomic E-state index is 12.3. The van der Waals surface area contributed by atoms with Crippen molar-refractivity contribution in [3.05, 3.63) is 29.3 Å². The average molecular weight is 247 g/mol. The number of esters is 1. The van der Waals surface area contributed by atoms with E-state index in [2.05, 4.69) is 0 Å². The Hall–Kier alpha value is -1.72. The molecule has 0 atom stereocenters. The van der Waals surface area contributed by atoms with Gasteiger partial charge in [-0.05, 0) is 24.6 Å². The van der Waals surface area contributed by atoms with Crippen LogP contribution in [0, 0.1) is 0 Å². The molecule has 17 heavy (non-hydrogen) atoms. The van der Waals surface area contributed by atoms with Crippen LogP contribution in [-0.2, 0) is 10.9 Å². The van der Waals surface area contributed by atoms with Gasteiger partial charge in [-0.15, -0.1) is 0 Å². The van der Waals surface area contributed by atoms with Crippen molar-refractivity contribution in [2.24, 2.45) is 0 Å². The number of rotatable bonds is 3. The van der Waals surface area contributed by atoms with E-state index in [0.717, 1.165) is 18.2 Å². The summed E-state index contributed by atoms with van der Waals surface area (Å²) in [6.07, 6.45) is -3.84. The molecule has 0 radical (unpaired) electrons. The number of nitrogen functional groups attached to an aromatic ring is 1. The molecule has 0 amide bonds. The summed E-state index contributed by atoms with van der Waals surface area (Å²) in [6, 6.07) is 2.55. The number of halogens is 3. The molecular formula is C11H12F3NO2. The third-order valence-corrected chi connectivity index (χ3v) is 2.04. The minimum atomic E-state index is -4.47. The quantitative estimate of drug-likeness (QED) is 0.660. The molecule has 0 spiro atoms. The fourth-order valence-corrected chi connectivity index (χ4v) is 1.20. The second-order valence-corrected chi connectivity index (χ2v) is 3.44. The molecule has 6 heteroatoms. The van der Waals surface area contributed by atoms with Gasteiger partial charge in [0.25, 0.3) is 0 Å². The molecular weight excluding hydrogens is 235 g/mol. The lowest BCUT2D eigenvalue weighted by atomic mass is 10.1. The van der Waals surface area contributed by atoms with Crippen LogP contribution in [0.5, 0.6) is 0 Å². The first kappa shape index (κ1) is 13.3. The van der Waals surface area contributed by atoms with Crippen molar-refractivity contribution in [2.75, 3.05) is 12.3 Å². The van der Waals surface area contributed by atoms with Crippen LogP contribution in [0.3, 0.4) is 0 Å². The fraction of sp³-hybridized carbons (Fsp3) is 0.364. The third-order valence-electron chi connectivity index (χ3n) is 2.04. The van der Waals surface area contributed by atoms with Crippen molar-refractivity contribution in [1.29, 1.82) is 0 Å². The maximum absolute atomic E-state index is 12.3. The van der Waals surface area contributed by atoms with Crippen LogP contribution in [0.25, 0.3) is 0 Å². The average Bonchev–Trinajstić information content (AvgIpc) is 2.24. The van der Waals surface area contributed by atoms with E-state index in [9.17, 15) is 18.0 Å². The SMILES string of the molecule is CCCOC(=O)c1ccc(C(F)(F)F)cc1N. The maximum Gasteiger partial charge on any atom is 0.416 e. The number of hydrogen-bond donors (Lipinski definition) is 1. The second-order valence-electron chi connectivity index (χ2n) is 3.44. The fourth-order valence-electron chi connectivity index (χ4n) is 1.20. The molecule has 0 saturated heterocycles. The van der Waals surface area contributed by atoms with E-state index in [1.807, 2.05) is 6.92 Å². The molecule has 0 heterocycles. The predicted octanol–water partition coefficient (Wildman–Crippen LogP) is 2.85. The number of alkyl halides is 3. The summed E-state index contributed by atoms with van der Waals surface area (Å²) in [7, 11) is 0. The van der Waals surface area contributed by atoms with Crippen molar-refractivity contribution in [3.63, 3.8) is 0 Å². The molecule has 0 aliphatic heterocycles. The molecule has 0 unspecified atom stereocenters. The van der Waals surface area contributed by atoms with Crippen LogP contribution in [0.2, 0.25) is 0 Å². The summed E-state index contributed by atoms with van der Waals surface area (Å²) in [4.78, 5) is 11.4. The summed E-state index contributed by atoms with van der Waals surface area (Å²) in [5, 5.41) is 0. The summed E-state index contributed by atoms with van der Waals surface area (Å²) >= 11 is 0. The first-order chi connectivity index (χ1) is 7.86. The number of ether oxygens (including phenoxy) is 1. The van der Waals surface area contributed by atoms with Gasteiger partial charge in [-0.3, -0.25) is 0 Å². The van der Waals surface area contributed by atoms with Gasteiger partial charge in [0.15, 0.2) is 0 Å². The van der Waals surface area contributed by atoms with E-state index in [4.69, 9.17) is 10.5 Å². The lowest BCUT2D eigenvalue weighted by molar-refractivity contribution is -0.137. The highest BCUT2D eigenvalue weighted by molar-refractivity contribution is 5.95. The first-order valence-corrected chi connectivity index (χ1v) is 5.00. The normalized spacial score (nSPS) is 11.3. The topological polar surface area (TPSA) is 52.3 Å². The highest BCUT2D eigenvalue weighted by Gasteiger charge is 2.31. The summed E-state index contributed by atoms with van der Waals surface area (Å²) in [5.41, 5.74) is 4.22. The number of benzene rings is 1. The number of hydrogen-bond acceptors (Lipinski definition) is 3. The van der Waals surface area contributed by atoms with Gasteiger partial charge in [-0.2, -0.15) is 13.2 Å². The largest absolute Gasteiger partial charge is 0.462 e. The molecule has 1 rings (SSSR count). The van der Waals surface area contributed by atoms with Crippen LogP contribution in [0.15, 0.2) is 18.2 Å². The monoisotopic (exact) mass is 247 g/mol. The van der Waals surface area contributed by atoms with Crippen LogP contribution >= 0.6 is 0 Å². The van der Waals surface area contributed by atoms with Crippen molar-refractivity contribution in [1.82, 2.24) is 0 Å². The highest BCUT2D eigenvalue weighted by Crippen LogP contribution is 2.31. The van der Waals surface area contributed by atoms with E-state index < -0.39 is 17.7 Å². The standard InChI is InChI=1S/C11H12F3NO2/c1-2-5-17-10(16)8-4-3-7(6-9(8)15)11(12,13)14/h3-4,6H,2,5,15H2,1H3. The molecule has 2 N–H and O–H groups in total. The van der Waals surface area contributed by atoms with Gasteiger partial charge >= 0.3 is 12.1 Å². The van der Waals surface area contributed by atoms with Gasteiger partial charge in [0.2, 0.25) is 0 Å². The third kappa shape index (κ3) is 3.37. The molecule has 94 valence electrons. The zero-order chi connectivity index (χ0) is 13.1. The van der Waals surface area contributed by atoms with Gasteiger partial charge in [0, 0.05) is 5.69 Å². The minimum Gasteiger partial charge on any atom is -0.462 e. The van der Waals surface area contributed by atoms with E-state index in [1.54, 1.807) is 0 Å². The Balaban J connectivity index is 2.94. The van der Waals surface area contributed by atoms with Crippen molar-refractivity contribution < 1.29 is 22.7 Å². The van der Waals surface area contributed by atoms with E-state index >= 15 is 0 Å². The molecule has 0 aromatic heterocycles. The van der Waals surface area contributed by atoms with Gasteiger partial charge in [0.1, 0.15) is 0 Å². The first-order valence-electron chi connectivity index (χ1n) is 5.00. The van der Waals surface area contributed by atoms with E-state index in [1.165, 1.54) is 0 Å². The van der Waals surface area contributed by atoms with Crippen LogP contribution in [0.4, 0.5) is 18.9 Å². The minimum absolute atomic E-state index is 0.0496. The number of carbonyl (C=O) groups is 1. The number of carbonyl (C=O) groups excluding carboxylic acids is 1. The lowest BCUT2D eigenvalue weighted by Gasteiger charge is -2.10. The molecule has 0 fully saturated rings. The Labute approximate surface area is 96.4 Å². The van der Waals surface area contributed by atoms with Gasteiger partial charge in [-0.1, -0.05) is 6.92 Å². The van der Waals surface area contributed by atoms with Crippen LogP contribution in [0.1, 0.15) is 29.3 Å². The van der Waals surface area contributed by atoms with Gasteiger partial charge in [-0.25, -0.2) is 4.79 Å². The lowest BCUT2D eigenvalue weighted by Crippen LogP contribution is -2.11. The zero-order valence-electron chi connectivity index (χ0n) is 9.17. The van der Waals surface area contributed by atoms with Crippen LogP contribution in [-0.4, -0.2) is 12.6 Å². The molecule has 1 aromatic carbocycles. The molecule has 3 nitrogen and oxygen atoms in total. The molecule has 0 bridgehead atoms. The Morgan fingerprint density at radius 1 is 1.41 bits per heavy atom.